The number of hydrogen-bond acceptors (Lipinski definition) is 4. The van der Waals surface area contributed by atoms with Crippen molar-refractivity contribution >= 4 is 17.9 Å². The Morgan fingerprint density at radius 2 is 1.90 bits per heavy atom. The number of hydrogen-bond donors (Lipinski definition) is 2. The molecule has 2 N–H and O–H groups in total. The van der Waals surface area contributed by atoms with E-state index in [1.54, 1.807) is 14.1 Å². The second-order valence-corrected chi connectivity index (χ2v) is 5.39. The molecular weight excluding hydrogens is 278 g/mol. The first-order valence-electron chi connectivity index (χ1n) is 6.94. The number of carboxylic acids is 1. The molecule has 1 rings (SSSR count). The lowest BCUT2D eigenvalue weighted by atomic mass is 10.2. The van der Waals surface area contributed by atoms with Crippen LogP contribution in [-0.4, -0.2) is 88.7 Å². The molecule has 0 radical (unpaired) electrons. The van der Waals surface area contributed by atoms with E-state index in [9.17, 15) is 19.5 Å². The third-order valence-electron chi connectivity index (χ3n) is 3.40. The van der Waals surface area contributed by atoms with Gasteiger partial charge in [0.15, 0.2) is 0 Å². The Labute approximate surface area is 123 Å². The van der Waals surface area contributed by atoms with Gasteiger partial charge in [-0.15, -0.1) is 0 Å². The maximum absolute atomic E-state index is 12.5. The van der Waals surface area contributed by atoms with Crippen molar-refractivity contribution in [3.63, 3.8) is 0 Å². The molecule has 1 heterocycles. The Kier molecular flexibility index (Phi) is 5.95. The van der Waals surface area contributed by atoms with E-state index in [1.807, 2.05) is 6.92 Å². The average Bonchev–Trinajstić information content (AvgIpc) is 2.79. The maximum Gasteiger partial charge on any atom is 0.326 e. The fraction of sp³-hybridized carbons (Fsp3) is 0.769. The highest BCUT2D eigenvalue weighted by molar-refractivity contribution is 5.87. The van der Waals surface area contributed by atoms with Gasteiger partial charge in [0.05, 0.1) is 6.10 Å². The molecule has 1 aliphatic heterocycles. The Hall–Kier alpha value is -1.83. The zero-order chi connectivity index (χ0) is 16.2. The van der Waals surface area contributed by atoms with Gasteiger partial charge < -0.3 is 24.9 Å². The number of carboxylic acid groups (broad SMARTS) is 1. The molecule has 0 saturated carbocycles. The molecule has 8 heteroatoms. The summed E-state index contributed by atoms with van der Waals surface area (Å²) in [6.45, 7) is 2.11. The third-order valence-corrected chi connectivity index (χ3v) is 3.40. The SMILES string of the molecule is CCCN(CC(=O)N(C)C)C(=O)N1C[C@H](O)C[C@H]1C(=O)O. The van der Waals surface area contributed by atoms with Crippen LogP contribution in [0.2, 0.25) is 0 Å². The van der Waals surface area contributed by atoms with E-state index < -0.39 is 24.1 Å². The number of urea groups is 1. The molecular formula is C13H23N3O5. The molecule has 1 aliphatic rings. The summed E-state index contributed by atoms with van der Waals surface area (Å²) in [5.41, 5.74) is 0. The first-order chi connectivity index (χ1) is 9.77. The number of aliphatic hydroxyl groups excluding tert-OH is 1. The zero-order valence-electron chi connectivity index (χ0n) is 12.7. The van der Waals surface area contributed by atoms with Crippen molar-refractivity contribution in [2.75, 3.05) is 33.7 Å². The van der Waals surface area contributed by atoms with Gasteiger partial charge in [-0.25, -0.2) is 9.59 Å². The van der Waals surface area contributed by atoms with Gasteiger partial charge in [0, 0.05) is 33.6 Å². The lowest BCUT2D eigenvalue weighted by Crippen LogP contribution is -2.51. The van der Waals surface area contributed by atoms with Gasteiger partial charge >= 0.3 is 12.0 Å². The van der Waals surface area contributed by atoms with E-state index in [0.717, 1.165) is 4.90 Å². The molecule has 0 aliphatic carbocycles. The van der Waals surface area contributed by atoms with Crippen molar-refractivity contribution < 1.29 is 24.6 Å². The number of amides is 3. The van der Waals surface area contributed by atoms with E-state index in [-0.39, 0.29) is 25.4 Å². The van der Waals surface area contributed by atoms with Crippen molar-refractivity contribution in [2.45, 2.75) is 31.9 Å². The Balaban J connectivity index is 2.84. The highest BCUT2D eigenvalue weighted by atomic mass is 16.4. The largest absolute Gasteiger partial charge is 0.480 e. The second-order valence-electron chi connectivity index (χ2n) is 5.39. The molecule has 0 spiro atoms. The number of carbonyl (C=O) groups is 3. The molecule has 1 saturated heterocycles. The molecule has 120 valence electrons. The molecule has 0 aromatic rings. The van der Waals surface area contributed by atoms with Crippen molar-refractivity contribution in [2.24, 2.45) is 0 Å². The van der Waals surface area contributed by atoms with Crippen molar-refractivity contribution in [1.82, 2.24) is 14.7 Å². The van der Waals surface area contributed by atoms with Crippen LogP contribution in [0, 0.1) is 0 Å². The summed E-state index contributed by atoms with van der Waals surface area (Å²) in [4.78, 5) is 39.2. The van der Waals surface area contributed by atoms with Gasteiger partial charge in [-0.3, -0.25) is 4.79 Å². The number of carbonyl (C=O) groups excluding carboxylic acids is 2. The number of aliphatic carboxylic acids is 1. The first-order valence-corrected chi connectivity index (χ1v) is 6.94. The van der Waals surface area contributed by atoms with Crippen LogP contribution in [0.1, 0.15) is 19.8 Å². The highest BCUT2D eigenvalue weighted by Crippen LogP contribution is 2.20. The lowest BCUT2D eigenvalue weighted by molar-refractivity contribution is -0.141. The number of likely N-dealkylation sites (N-methyl/N-ethyl adjacent to an activating group) is 1. The van der Waals surface area contributed by atoms with Crippen LogP contribution in [0.5, 0.6) is 0 Å². The first kappa shape index (κ1) is 17.2. The summed E-state index contributed by atoms with van der Waals surface area (Å²) < 4.78 is 0. The Morgan fingerprint density at radius 1 is 1.29 bits per heavy atom. The topological polar surface area (TPSA) is 101 Å². The predicted molar refractivity (Wildman–Crippen MR) is 74.7 cm³/mol. The second kappa shape index (κ2) is 7.26. The fourth-order valence-corrected chi connectivity index (χ4v) is 2.26. The molecule has 21 heavy (non-hydrogen) atoms. The molecule has 0 aromatic heterocycles. The summed E-state index contributed by atoms with van der Waals surface area (Å²) in [5.74, 6) is -1.38. The van der Waals surface area contributed by atoms with Crippen LogP contribution in [0.4, 0.5) is 4.79 Å². The number of nitrogens with zero attached hydrogens (tertiary/aromatic N) is 3. The summed E-state index contributed by atoms with van der Waals surface area (Å²) in [6.07, 6.45) is -0.174. The van der Waals surface area contributed by atoms with Gasteiger partial charge in [0.2, 0.25) is 5.91 Å². The smallest absolute Gasteiger partial charge is 0.326 e. The average molecular weight is 301 g/mol. The summed E-state index contributed by atoms with van der Waals surface area (Å²) in [7, 11) is 3.19. The van der Waals surface area contributed by atoms with E-state index in [4.69, 9.17) is 5.11 Å². The van der Waals surface area contributed by atoms with Crippen molar-refractivity contribution in [1.29, 1.82) is 0 Å². The monoisotopic (exact) mass is 301 g/mol. The lowest BCUT2D eigenvalue weighted by Gasteiger charge is -2.30. The number of aliphatic hydroxyl groups is 1. The highest BCUT2D eigenvalue weighted by Gasteiger charge is 2.40. The van der Waals surface area contributed by atoms with Gasteiger partial charge in [0.1, 0.15) is 12.6 Å². The molecule has 0 aromatic carbocycles. The Morgan fingerprint density at radius 3 is 2.38 bits per heavy atom. The van der Waals surface area contributed by atoms with Crippen LogP contribution in [0.25, 0.3) is 0 Å². The summed E-state index contributed by atoms with van der Waals surface area (Å²) in [6, 6.07) is -1.56. The minimum Gasteiger partial charge on any atom is -0.480 e. The van der Waals surface area contributed by atoms with Crippen LogP contribution in [0.3, 0.4) is 0 Å². The van der Waals surface area contributed by atoms with Crippen LogP contribution in [0.15, 0.2) is 0 Å². The number of rotatable bonds is 5. The molecule has 8 nitrogen and oxygen atoms in total. The van der Waals surface area contributed by atoms with Gasteiger partial charge in [0.25, 0.3) is 0 Å². The summed E-state index contributed by atoms with van der Waals surface area (Å²) >= 11 is 0. The van der Waals surface area contributed by atoms with E-state index in [2.05, 4.69) is 0 Å². The zero-order valence-corrected chi connectivity index (χ0v) is 12.7. The quantitative estimate of drug-likeness (QED) is 0.708. The van der Waals surface area contributed by atoms with Crippen LogP contribution >= 0.6 is 0 Å². The number of likely N-dealkylation sites (tertiary alicyclic amines) is 1. The molecule has 0 bridgehead atoms. The summed E-state index contributed by atoms with van der Waals surface area (Å²) in [5, 5.41) is 18.7. The molecule has 0 unspecified atom stereocenters. The fourth-order valence-electron chi connectivity index (χ4n) is 2.26. The van der Waals surface area contributed by atoms with Crippen LogP contribution in [-0.2, 0) is 9.59 Å². The predicted octanol–water partition coefficient (Wildman–Crippen LogP) is -0.574. The molecule has 2 atom stereocenters. The normalized spacial score (nSPS) is 21.2. The Bertz CT molecular complexity index is 413. The van der Waals surface area contributed by atoms with E-state index >= 15 is 0 Å². The van der Waals surface area contributed by atoms with Crippen molar-refractivity contribution in [3.8, 4) is 0 Å². The van der Waals surface area contributed by atoms with Gasteiger partial charge in [-0.1, -0.05) is 6.92 Å². The minimum absolute atomic E-state index is 0.0165. The van der Waals surface area contributed by atoms with E-state index in [0.29, 0.717) is 13.0 Å². The molecule has 1 fully saturated rings. The van der Waals surface area contributed by atoms with E-state index in [1.165, 1.54) is 9.80 Å². The van der Waals surface area contributed by atoms with Gasteiger partial charge in [-0.05, 0) is 6.42 Å². The van der Waals surface area contributed by atoms with Gasteiger partial charge in [-0.2, -0.15) is 0 Å². The van der Waals surface area contributed by atoms with Crippen LogP contribution < -0.4 is 0 Å². The standard InChI is InChI=1S/C13H23N3O5/c1-4-5-15(8-11(18)14(2)3)13(21)16-7-9(17)6-10(16)12(19)20/h9-10,17H,4-8H2,1-3H3,(H,19,20)/t9-,10+/m1/s1. The maximum atomic E-state index is 12.5. The number of β-amino-alcohol motifs (C(OH)–C–C–N with tert-alkyl or cyclic N) is 1. The minimum atomic E-state index is -1.14. The molecule has 3 amide bonds. The third kappa shape index (κ3) is 4.32. The van der Waals surface area contributed by atoms with Crippen molar-refractivity contribution in [3.05, 3.63) is 0 Å².